The van der Waals surface area contributed by atoms with Gasteiger partial charge in [0.2, 0.25) is 0 Å². The van der Waals surface area contributed by atoms with Crippen LogP contribution >= 0.6 is 0 Å². The Labute approximate surface area is 225 Å². The third kappa shape index (κ3) is 5.81. The van der Waals surface area contributed by atoms with E-state index in [0.29, 0.717) is 13.1 Å². The van der Waals surface area contributed by atoms with Crippen LogP contribution in [-0.4, -0.2) is 73.0 Å². The first-order chi connectivity index (χ1) is 18.5. The summed E-state index contributed by atoms with van der Waals surface area (Å²) < 4.78 is 0. The number of aryl methyl sites for hydroxylation is 2. The first kappa shape index (κ1) is 25.7. The van der Waals surface area contributed by atoms with Gasteiger partial charge in [-0.2, -0.15) is 5.26 Å². The second kappa shape index (κ2) is 11.7. The molecular formula is C31H36N6O. The maximum atomic E-state index is 13.5. The Morgan fingerprint density at radius 1 is 0.868 bits per heavy atom. The predicted molar refractivity (Wildman–Crippen MR) is 152 cm³/mol. The van der Waals surface area contributed by atoms with Crippen LogP contribution in [0.2, 0.25) is 0 Å². The maximum Gasteiger partial charge on any atom is 0.254 e. The molecule has 38 heavy (non-hydrogen) atoms. The van der Waals surface area contributed by atoms with Gasteiger partial charge in [0, 0.05) is 70.2 Å². The van der Waals surface area contributed by atoms with Crippen LogP contribution in [0.15, 0.2) is 60.7 Å². The Balaban J connectivity index is 1.21. The Morgan fingerprint density at radius 3 is 2.45 bits per heavy atom. The molecule has 0 bridgehead atoms. The van der Waals surface area contributed by atoms with E-state index in [-0.39, 0.29) is 5.91 Å². The number of carbonyl (C=O) groups is 1. The monoisotopic (exact) mass is 508 g/mol. The summed E-state index contributed by atoms with van der Waals surface area (Å²) in [7, 11) is 0. The van der Waals surface area contributed by atoms with Crippen molar-refractivity contribution in [3.8, 4) is 6.07 Å². The average Bonchev–Trinajstić information content (AvgIpc) is 3.19. The molecular weight excluding hydrogens is 472 g/mol. The van der Waals surface area contributed by atoms with Gasteiger partial charge >= 0.3 is 0 Å². The number of rotatable bonds is 5. The smallest absolute Gasteiger partial charge is 0.254 e. The lowest BCUT2D eigenvalue weighted by Crippen LogP contribution is -2.49. The van der Waals surface area contributed by atoms with Crippen molar-refractivity contribution >= 4 is 17.4 Å². The molecule has 0 radical (unpaired) electrons. The Kier molecular flexibility index (Phi) is 7.90. The number of nitriles is 1. The molecule has 2 aliphatic heterocycles. The zero-order valence-corrected chi connectivity index (χ0v) is 22.4. The summed E-state index contributed by atoms with van der Waals surface area (Å²) in [5.41, 5.74) is 5.78. The van der Waals surface area contributed by atoms with Gasteiger partial charge in [-0.3, -0.25) is 9.69 Å². The molecule has 0 spiro atoms. The van der Waals surface area contributed by atoms with E-state index in [1.807, 2.05) is 61.2 Å². The Hall–Kier alpha value is -3.89. The normalized spacial score (nSPS) is 16.7. The summed E-state index contributed by atoms with van der Waals surface area (Å²) in [5, 5.41) is 9.51. The zero-order valence-electron chi connectivity index (χ0n) is 22.4. The standard InChI is InChI=1S/C31H36N6O/c1-24-11-12-26(23-34-13-6-14-35(16-15-34)29-9-4-3-8-27(29)22-32)21-28(24)31(38)37-19-17-36(18-20-37)30-10-5-7-25(2)33-30/h3-5,7-12,21H,6,13-20,23H2,1-2H3. The molecule has 3 aromatic rings. The number of piperazine rings is 1. The number of amides is 1. The summed E-state index contributed by atoms with van der Waals surface area (Å²) in [6.07, 6.45) is 1.04. The van der Waals surface area contributed by atoms with Crippen LogP contribution in [0, 0.1) is 25.2 Å². The molecule has 0 saturated carbocycles. The largest absolute Gasteiger partial charge is 0.369 e. The highest BCUT2D eigenvalue weighted by Crippen LogP contribution is 2.23. The SMILES string of the molecule is Cc1cccc(N2CCN(C(=O)c3cc(CN4CCCN(c5ccccc5C#N)CC4)ccc3C)CC2)n1. The lowest BCUT2D eigenvalue weighted by Gasteiger charge is -2.35. The molecule has 196 valence electrons. The van der Waals surface area contributed by atoms with Gasteiger partial charge in [-0.25, -0.2) is 4.98 Å². The van der Waals surface area contributed by atoms with Gasteiger partial charge in [-0.15, -0.1) is 0 Å². The number of nitrogens with zero attached hydrogens (tertiary/aromatic N) is 6. The van der Waals surface area contributed by atoms with Gasteiger partial charge in [0.15, 0.2) is 0 Å². The van der Waals surface area contributed by atoms with E-state index in [9.17, 15) is 10.1 Å². The van der Waals surface area contributed by atoms with Crippen molar-refractivity contribution in [2.45, 2.75) is 26.8 Å². The minimum atomic E-state index is 0.122. The van der Waals surface area contributed by atoms with Crippen LogP contribution in [0.4, 0.5) is 11.5 Å². The van der Waals surface area contributed by atoms with Crippen molar-refractivity contribution in [3.63, 3.8) is 0 Å². The van der Waals surface area contributed by atoms with Crippen molar-refractivity contribution in [3.05, 3.63) is 88.6 Å². The lowest BCUT2D eigenvalue weighted by molar-refractivity contribution is 0.0745. The van der Waals surface area contributed by atoms with Gasteiger partial charge < -0.3 is 14.7 Å². The second-order valence-electron chi connectivity index (χ2n) is 10.3. The maximum absolute atomic E-state index is 13.5. The van der Waals surface area contributed by atoms with Crippen LogP contribution in [0.5, 0.6) is 0 Å². The van der Waals surface area contributed by atoms with Gasteiger partial charge in [0.1, 0.15) is 11.9 Å². The first-order valence-electron chi connectivity index (χ1n) is 13.6. The quantitative estimate of drug-likeness (QED) is 0.514. The molecule has 3 heterocycles. The minimum absolute atomic E-state index is 0.122. The number of hydrogen-bond donors (Lipinski definition) is 0. The van der Waals surface area contributed by atoms with Crippen molar-refractivity contribution in [2.24, 2.45) is 0 Å². The van der Waals surface area contributed by atoms with E-state index in [0.717, 1.165) is 86.1 Å². The van der Waals surface area contributed by atoms with Crippen LogP contribution in [-0.2, 0) is 6.54 Å². The molecule has 2 aliphatic rings. The Bertz CT molecular complexity index is 1320. The number of aromatic nitrogens is 1. The van der Waals surface area contributed by atoms with E-state index in [1.165, 1.54) is 5.56 Å². The fraction of sp³-hybridized carbons (Fsp3) is 0.387. The van der Waals surface area contributed by atoms with Crippen molar-refractivity contribution in [1.29, 1.82) is 5.26 Å². The van der Waals surface area contributed by atoms with Crippen LogP contribution in [0.25, 0.3) is 0 Å². The van der Waals surface area contributed by atoms with E-state index >= 15 is 0 Å². The zero-order chi connectivity index (χ0) is 26.5. The Morgan fingerprint density at radius 2 is 1.66 bits per heavy atom. The van der Waals surface area contributed by atoms with Crippen LogP contribution in [0.1, 0.15) is 39.2 Å². The van der Waals surface area contributed by atoms with Gasteiger partial charge in [-0.1, -0.05) is 30.3 Å². The third-order valence-electron chi connectivity index (χ3n) is 7.66. The van der Waals surface area contributed by atoms with E-state index in [4.69, 9.17) is 0 Å². The summed E-state index contributed by atoms with van der Waals surface area (Å²) in [6, 6.07) is 22.6. The molecule has 1 amide bonds. The number of para-hydroxylation sites is 1. The topological polar surface area (TPSA) is 66.7 Å². The lowest BCUT2D eigenvalue weighted by atomic mass is 10.0. The number of carbonyl (C=O) groups excluding carboxylic acids is 1. The van der Waals surface area contributed by atoms with Crippen molar-refractivity contribution < 1.29 is 4.79 Å². The summed E-state index contributed by atoms with van der Waals surface area (Å²) in [5.74, 6) is 1.11. The second-order valence-corrected chi connectivity index (χ2v) is 10.3. The van der Waals surface area contributed by atoms with Crippen LogP contribution < -0.4 is 9.80 Å². The molecule has 2 saturated heterocycles. The molecule has 7 heteroatoms. The molecule has 1 aromatic heterocycles. The van der Waals surface area contributed by atoms with Gasteiger partial charge in [0.05, 0.1) is 11.3 Å². The molecule has 0 unspecified atom stereocenters. The third-order valence-corrected chi connectivity index (χ3v) is 7.66. The molecule has 5 rings (SSSR count). The fourth-order valence-corrected chi connectivity index (χ4v) is 5.48. The van der Waals surface area contributed by atoms with Crippen molar-refractivity contribution in [1.82, 2.24) is 14.8 Å². The van der Waals surface area contributed by atoms with Gasteiger partial charge in [-0.05, 0) is 61.7 Å². The molecule has 2 aromatic carbocycles. The molecule has 0 atom stereocenters. The minimum Gasteiger partial charge on any atom is -0.369 e. The molecule has 0 N–H and O–H groups in total. The molecule has 7 nitrogen and oxygen atoms in total. The predicted octanol–water partition coefficient (Wildman–Crippen LogP) is 4.24. The number of pyridine rings is 1. The first-order valence-corrected chi connectivity index (χ1v) is 13.6. The fourth-order valence-electron chi connectivity index (χ4n) is 5.48. The highest BCUT2D eigenvalue weighted by Gasteiger charge is 2.24. The molecule has 0 aliphatic carbocycles. The van der Waals surface area contributed by atoms with Gasteiger partial charge in [0.25, 0.3) is 5.91 Å². The van der Waals surface area contributed by atoms with E-state index < -0.39 is 0 Å². The highest BCUT2D eigenvalue weighted by atomic mass is 16.2. The highest BCUT2D eigenvalue weighted by molar-refractivity contribution is 5.96. The number of anilines is 2. The number of benzene rings is 2. The summed E-state index contributed by atoms with van der Waals surface area (Å²) >= 11 is 0. The van der Waals surface area contributed by atoms with E-state index in [1.54, 1.807) is 0 Å². The molecule has 2 fully saturated rings. The number of hydrogen-bond acceptors (Lipinski definition) is 6. The summed E-state index contributed by atoms with van der Waals surface area (Å²) in [6.45, 7) is 11.6. The van der Waals surface area contributed by atoms with Crippen LogP contribution in [0.3, 0.4) is 0 Å². The summed E-state index contributed by atoms with van der Waals surface area (Å²) in [4.78, 5) is 27.2. The van der Waals surface area contributed by atoms with Crippen molar-refractivity contribution in [2.75, 3.05) is 62.2 Å². The van der Waals surface area contributed by atoms with E-state index in [2.05, 4.69) is 44.0 Å². The average molecular weight is 509 g/mol.